The average Bonchev–Trinajstić information content (AvgIpc) is 2.76. The van der Waals surface area contributed by atoms with Crippen LogP contribution in [0.1, 0.15) is 26.7 Å². The van der Waals surface area contributed by atoms with Crippen molar-refractivity contribution in [1.82, 2.24) is 4.90 Å². The Bertz CT molecular complexity index is 1050. The summed E-state index contributed by atoms with van der Waals surface area (Å²) in [4.78, 5) is 28.1. The fraction of sp³-hybridized carbons (Fsp3) is 0.364. The maximum Gasteiger partial charge on any atom is 0.263 e. The van der Waals surface area contributed by atoms with E-state index in [0.717, 1.165) is 0 Å². The molecule has 1 heterocycles. The molecule has 166 valence electrons. The lowest BCUT2D eigenvalue weighted by atomic mass is 9.95. The molecule has 0 saturated carbocycles. The van der Waals surface area contributed by atoms with Gasteiger partial charge in [0.15, 0.2) is 0 Å². The number of para-hydroxylation sites is 1. The van der Waals surface area contributed by atoms with Crippen LogP contribution in [-0.2, 0) is 19.6 Å². The smallest absolute Gasteiger partial charge is 0.263 e. The van der Waals surface area contributed by atoms with Crippen molar-refractivity contribution in [3.05, 3.63) is 53.6 Å². The highest BCUT2D eigenvalue weighted by Gasteiger charge is 2.32. The zero-order valence-electron chi connectivity index (χ0n) is 17.5. The number of carbonyl (C=O) groups is 2. The van der Waals surface area contributed by atoms with Gasteiger partial charge in [0.1, 0.15) is 4.90 Å². The molecular weight excluding hydrogens is 438 g/mol. The third-order valence-corrected chi connectivity index (χ3v) is 7.09. The summed E-state index contributed by atoms with van der Waals surface area (Å²) in [5, 5.41) is 0.502. The molecule has 2 aromatic carbocycles. The first-order chi connectivity index (χ1) is 14.7. The first-order valence-corrected chi connectivity index (χ1v) is 12.0. The van der Waals surface area contributed by atoms with Crippen LogP contribution in [0, 0.1) is 5.92 Å². The maximum atomic E-state index is 13.3. The Morgan fingerprint density at radius 1 is 1.10 bits per heavy atom. The molecule has 0 aromatic heterocycles. The third-order valence-electron chi connectivity index (χ3n) is 5.41. The average molecular weight is 464 g/mol. The standard InChI is InChI=1S/C22H26ClN3O4S/c1-3-26(22(28)17-12-14-25(15-13-17)16(2)27)20-6-4-5-7-21(20)31(29,30)24-19-10-8-18(23)9-11-19/h4-11,17,24H,3,12-15H2,1-2H3. The molecule has 3 rings (SSSR count). The Kier molecular flexibility index (Phi) is 7.23. The molecule has 0 aliphatic carbocycles. The monoisotopic (exact) mass is 463 g/mol. The van der Waals surface area contributed by atoms with Crippen molar-refractivity contribution in [1.29, 1.82) is 0 Å². The highest BCUT2D eigenvalue weighted by Crippen LogP contribution is 2.30. The SMILES string of the molecule is CCN(C(=O)C1CCN(C(C)=O)CC1)c1ccccc1S(=O)(=O)Nc1ccc(Cl)cc1. The number of rotatable bonds is 6. The molecule has 0 unspecified atom stereocenters. The summed E-state index contributed by atoms with van der Waals surface area (Å²) in [7, 11) is -3.94. The van der Waals surface area contributed by atoms with E-state index in [1.54, 1.807) is 47.4 Å². The summed E-state index contributed by atoms with van der Waals surface area (Å²) in [5.41, 5.74) is 0.718. The van der Waals surface area contributed by atoms with E-state index in [9.17, 15) is 18.0 Å². The zero-order chi connectivity index (χ0) is 22.6. The lowest BCUT2D eigenvalue weighted by Gasteiger charge is -2.34. The summed E-state index contributed by atoms with van der Waals surface area (Å²) in [6, 6.07) is 12.8. The number of halogens is 1. The molecular formula is C22H26ClN3O4S. The Morgan fingerprint density at radius 2 is 1.71 bits per heavy atom. The zero-order valence-corrected chi connectivity index (χ0v) is 19.1. The first-order valence-electron chi connectivity index (χ1n) is 10.2. The fourth-order valence-corrected chi connectivity index (χ4v) is 5.14. The van der Waals surface area contributed by atoms with Crippen molar-refractivity contribution < 1.29 is 18.0 Å². The van der Waals surface area contributed by atoms with E-state index in [-0.39, 0.29) is 22.6 Å². The molecule has 7 nitrogen and oxygen atoms in total. The topological polar surface area (TPSA) is 86.8 Å². The quantitative estimate of drug-likeness (QED) is 0.706. The largest absolute Gasteiger partial charge is 0.343 e. The summed E-state index contributed by atoms with van der Waals surface area (Å²) in [6.07, 6.45) is 1.12. The van der Waals surface area contributed by atoms with Gasteiger partial charge in [0, 0.05) is 43.2 Å². The van der Waals surface area contributed by atoms with Gasteiger partial charge in [-0.1, -0.05) is 23.7 Å². The number of hydrogen-bond donors (Lipinski definition) is 1. The van der Waals surface area contributed by atoms with Crippen LogP contribution < -0.4 is 9.62 Å². The van der Waals surface area contributed by atoms with Crippen LogP contribution in [0.4, 0.5) is 11.4 Å². The number of sulfonamides is 1. The predicted octanol–water partition coefficient (Wildman–Crippen LogP) is 3.75. The highest BCUT2D eigenvalue weighted by atomic mass is 35.5. The van der Waals surface area contributed by atoms with Gasteiger partial charge in [-0.15, -0.1) is 0 Å². The Morgan fingerprint density at radius 3 is 2.29 bits per heavy atom. The van der Waals surface area contributed by atoms with E-state index in [4.69, 9.17) is 11.6 Å². The van der Waals surface area contributed by atoms with Crippen molar-refractivity contribution in [3.63, 3.8) is 0 Å². The highest BCUT2D eigenvalue weighted by molar-refractivity contribution is 7.92. The molecule has 31 heavy (non-hydrogen) atoms. The third kappa shape index (κ3) is 5.37. The van der Waals surface area contributed by atoms with Crippen LogP contribution in [0.2, 0.25) is 5.02 Å². The van der Waals surface area contributed by atoms with Crippen molar-refractivity contribution in [3.8, 4) is 0 Å². The summed E-state index contributed by atoms with van der Waals surface area (Å²) in [6.45, 7) is 4.73. The predicted molar refractivity (Wildman–Crippen MR) is 122 cm³/mol. The number of hydrogen-bond acceptors (Lipinski definition) is 4. The van der Waals surface area contributed by atoms with Crippen LogP contribution in [0.15, 0.2) is 53.4 Å². The van der Waals surface area contributed by atoms with Crippen LogP contribution in [-0.4, -0.2) is 44.8 Å². The lowest BCUT2D eigenvalue weighted by molar-refractivity contribution is -0.133. The van der Waals surface area contributed by atoms with Crippen molar-refractivity contribution in [2.24, 2.45) is 5.92 Å². The normalized spacial score (nSPS) is 14.9. The van der Waals surface area contributed by atoms with Crippen LogP contribution >= 0.6 is 11.6 Å². The number of likely N-dealkylation sites (tertiary alicyclic amines) is 1. The van der Waals surface area contributed by atoms with Crippen molar-refractivity contribution in [2.45, 2.75) is 31.6 Å². The molecule has 1 saturated heterocycles. The van der Waals surface area contributed by atoms with Crippen molar-refractivity contribution >= 4 is 44.8 Å². The van der Waals surface area contributed by atoms with Gasteiger partial charge >= 0.3 is 0 Å². The number of benzene rings is 2. The van der Waals surface area contributed by atoms with Crippen LogP contribution in [0.5, 0.6) is 0 Å². The van der Waals surface area contributed by atoms with Gasteiger partial charge < -0.3 is 9.80 Å². The molecule has 2 amide bonds. The lowest BCUT2D eigenvalue weighted by Crippen LogP contribution is -2.44. The number of anilines is 2. The Labute approximate surface area is 188 Å². The number of nitrogens with zero attached hydrogens (tertiary/aromatic N) is 2. The van der Waals surface area contributed by atoms with Crippen molar-refractivity contribution in [2.75, 3.05) is 29.3 Å². The van der Waals surface area contributed by atoms with E-state index >= 15 is 0 Å². The van der Waals surface area contributed by atoms with Crippen LogP contribution in [0.3, 0.4) is 0 Å². The first kappa shape index (κ1) is 23.1. The van der Waals surface area contributed by atoms with Gasteiger partial charge in [-0.3, -0.25) is 14.3 Å². The van der Waals surface area contributed by atoms with E-state index in [2.05, 4.69) is 4.72 Å². The second-order valence-corrected chi connectivity index (χ2v) is 9.53. The molecule has 1 fully saturated rings. The number of carbonyl (C=O) groups excluding carboxylic acids is 2. The summed E-state index contributed by atoms with van der Waals surface area (Å²) in [5.74, 6) is -0.377. The summed E-state index contributed by atoms with van der Waals surface area (Å²) >= 11 is 5.88. The molecule has 0 spiro atoms. The minimum Gasteiger partial charge on any atom is -0.343 e. The molecule has 1 N–H and O–H groups in total. The molecule has 0 bridgehead atoms. The molecule has 1 aliphatic heterocycles. The van der Waals surface area contributed by atoms with E-state index in [1.165, 1.54) is 17.9 Å². The van der Waals surface area contributed by atoms with E-state index in [1.807, 2.05) is 6.92 Å². The molecule has 0 radical (unpaired) electrons. The minimum atomic E-state index is -3.94. The van der Waals surface area contributed by atoms with Gasteiger partial charge in [0.25, 0.3) is 10.0 Å². The molecule has 1 aliphatic rings. The second kappa shape index (κ2) is 9.70. The number of amides is 2. The summed E-state index contributed by atoms with van der Waals surface area (Å²) < 4.78 is 28.8. The molecule has 0 atom stereocenters. The van der Waals surface area contributed by atoms with Gasteiger partial charge in [-0.25, -0.2) is 8.42 Å². The maximum absolute atomic E-state index is 13.3. The minimum absolute atomic E-state index is 0.00274. The van der Waals surface area contributed by atoms with Gasteiger partial charge in [0.05, 0.1) is 5.69 Å². The van der Waals surface area contributed by atoms with Gasteiger partial charge in [0.2, 0.25) is 11.8 Å². The number of piperidine rings is 1. The molecule has 9 heteroatoms. The van der Waals surface area contributed by atoms with E-state index in [0.29, 0.717) is 48.9 Å². The van der Waals surface area contributed by atoms with Gasteiger partial charge in [-0.05, 0) is 56.2 Å². The second-order valence-electron chi connectivity index (χ2n) is 7.44. The Balaban J connectivity index is 1.85. The fourth-order valence-electron chi connectivity index (χ4n) is 3.74. The number of nitrogens with one attached hydrogen (secondary N) is 1. The molecule has 2 aromatic rings. The Hall–Kier alpha value is -2.58. The van der Waals surface area contributed by atoms with E-state index < -0.39 is 10.0 Å². The van der Waals surface area contributed by atoms with Gasteiger partial charge in [-0.2, -0.15) is 0 Å². The van der Waals surface area contributed by atoms with Crippen LogP contribution in [0.25, 0.3) is 0 Å².